The SMILES string of the molecule is COc1c(OCCCN2CCOCC2)ccc2c1N=C(NC(=O)c1cnc(N)nc1C)N1CCN=C21. The highest BCUT2D eigenvalue weighted by atomic mass is 16.5. The second-order valence-corrected chi connectivity index (χ2v) is 8.62. The van der Waals surface area contributed by atoms with E-state index in [2.05, 4.69) is 25.2 Å². The van der Waals surface area contributed by atoms with Crippen molar-refractivity contribution in [1.82, 2.24) is 25.1 Å². The minimum Gasteiger partial charge on any atom is -0.491 e. The Morgan fingerprint density at radius 3 is 2.86 bits per heavy atom. The van der Waals surface area contributed by atoms with Gasteiger partial charge in [0.05, 0.1) is 44.7 Å². The molecule has 3 aliphatic heterocycles. The summed E-state index contributed by atoms with van der Waals surface area (Å²) in [6.07, 6.45) is 2.29. The smallest absolute Gasteiger partial charge is 0.261 e. The van der Waals surface area contributed by atoms with E-state index in [-0.39, 0.29) is 11.9 Å². The maximum absolute atomic E-state index is 13.0. The fraction of sp³-hybridized carbons (Fsp3) is 0.458. The van der Waals surface area contributed by atoms with Crippen LogP contribution >= 0.6 is 0 Å². The van der Waals surface area contributed by atoms with Crippen molar-refractivity contribution in [2.24, 2.45) is 9.98 Å². The van der Waals surface area contributed by atoms with Crippen LogP contribution in [0.4, 0.5) is 11.6 Å². The van der Waals surface area contributed by atoms with E-state index in [4.69, 9.17) is 24.9 Å². The number of guanidine groups is 1. The Balaban J connectivity index is 1.36. The largest absolute Gasteiger partial charge is 0.491 e. The minimum absolute atomic E-state index is 0.115. The topological polar surface area (TPSA) is 140 Å². The van der Waals surface area contributed by atoms with Crippen LogP contribution < -0.4 is 20.5 Å². The van der Waals surface area contributed by atoms with Crippen LogP contribution in [0.15, 0.2) is 28.3 Å². The van der Waals surface area contributed by atoms with Gasteiger partial charge in [0.2, 0.25) is 11.9 Å². The summed E-state index contributed by atoms with van der Waals surface area (Å²) in [6.45, 7) is 7.86. The van der Waals surface area contributed by atoms with Gasteiger partial charge in [0.15, 0.2) is 11.5 Å². The molecule has 190 valence electrons. The molecule has 1 fully saturated rings. The molecule has 1 aromatic carbocycles. The third-order valence-electron chi connectivity index (χ3n) is 6.30. The molecule has 0 aliphatic carbocycles. The van der Waals surface area contributed by atoms with Crippen LogP contribution in [0.1, 0.15) is 28.0 Å². The number of morpholine rings is 1. The van der Waals surface area contributed by atoms with E-state index in [1.165, 1.54) is 6.20 Å². The number of fused-ring (bicyclic) bond motifs is 3. The monoisotopic (exact) mass is 494 g/mol. The molecule has 36 heavy (non-hydrogen) atoms. The van der Waals surface area contributed by atoms with Crippen molar-refractivity contribution in [3.63, 3.8) is 0 Å². The number of aryl methyl sites for hydroxylation is 1. The lowest BCUT2D eigenvalue weighted by Crippen LogP contribution is -2.47. The number of nitrogens with zero attached hydrogens (tertiary/aromatic N) is 6. The van der Waals surface area contributed by atoms with Gasteiger partial charge in [0, 0.05) is 37.9 Å². The van der Waals surface area contributed by atoms with Crippen molar-refractivity contribution in [1.29, 1.82) is 0 Å². The molecule has 12 heteroatoms. The molecule has 1 saturated heterocycles. The minimum atomic E-state index is -0.379. The first-order valence-corrected chi connectivity index (χ1v) is 12.0. The molecule has 3 aliphatic rings. The number of nitrogens with one attached hydrogen (secondary N) is 1. The number of carbonyl (C=O) groups excluding carboxylic acids is 1. The lowest BCUT2D eigenvalue weighted by Gasteiger charge is -2.29. The maximum atomic E-state index is 13.0. The Morgan fingerprint density at radius 2 is 2.08 bits per heavy atom. The highest BCUT2D eigenvalue weighted by molar-refractivity contribution is 6.20. The number of aliphatic imine (C=N–C) groups is 2. The number of amides is 1. The molecule has 3 N–H and O–H groups in total. The van der Waals surface area contributed by atoms with Crippen LogP contribution in [0.2, 0.25) is 0 Å². The Hall–Kier alpha value is -3.77. The molecule has 0 spiro atoms. The lowest BCUT2D eigenvalue weighted by molar-refractivity contribution is 0.0357. The van der Waals surface area contributed by atoms with Crippen molar-refractivity contribution in [2.75, 3.05) is 65.4 Å². The molecule has 0 radical (unpaired) electrons. The second-order valence-electron chi connectivity index (χ2n) is 8.62. The van der Waals surface area contributed by atoms with Crippen molar-refractivity contribution >= 4 is 29.3 Å². The number of rotatable bonds is 7. The number of ether oxygens (including phenoxy) is 3. The quantitative estimate of drug-likeness (QED) is 0.539. The van der Waals surface area contributed by atoms with E-state index in [0.29, 0.717) is 54.1 Å². The summed E-state index contributed by atoms with van der Waals surface area (Å²) in [5.74, 6) is 1.94. The summed E-state index contributed by atoms with van der Waals surface area (Å²) >= 11 is 0. The van der Waals surface area contributed by atoms with Gasteiger partial charge in [-0.25, -0.2) is 15.0 Å². The van der Waals surface area contributed by atoms with Gasteiger partial charge in [0.25, 0.3) is 5.91 Å². The Morgan fingerprint density at radius 1 is 1.25 bits per heavy atom. The van der Waals surface area contributed by atoms with Gasteiger partial charge in [-0.3, -0.25) is 24.9 Å². The van der Waals surface area contributed by atoms with Gasteiger partial charge in [-0.15, -0.1) is 0 Å². The standard InChI is InChI=1S/C24H30N8O4/c1-15-17(14-27-23(25)28-15)22(33)30-24-29-19-16(21-26-6-8-32(21)24)4-5-18(20(19)34-2)36-11-3-7-31-9-12-35-13-10-31/h4-5,14H,3,6-13H2,1-2H3,(H2,25,27,28)(H,29,30,33). The first kappa shape index (κ1) is 23.9. The Labute approximate surface area is 209 Å². The zero-order chi connectivity index (χ0) is 25.1. The molecule has 12 nitrogen and oxygen atoms in total. The molecule has 2 aromatic rings. The number of methoxy groups -OCH3 is 1. The average Bonchev–Trinajstić information content (AvgIpc) is 3.37. The van der Waals surface area contributed by atoms with Gasteiger partial charge in [-0.2, -0.15) is 0 Å². The zero-order valence-corrected chi connectivity index (χ0v) is 20.5. The second kappa shape index (κ2) is 10.5. The molecular weight excluding hydrogens is 464 g/mol. The molecular formula is C24H30N8O4. The number of nitrogens with two attached hydrogens (primary N) is 1. The number of anilines is 1. The van der Waals surface area contributed by atoms with Crippen LogP contribution in [0.3, 0.4) is 0 Å². The molecule has 5 rings (SSSR count). The van der Waals surface area contributed by atoms with E-state index in [9.17, 15) is 4.79 Å². The number of aromatic nitrogens is 2. The number of amidine groups is 1. The third kappa shape index (κ3) is 4.82. The van der Waals surface area contributed by atoms with Crippen molar-refractivity contribution in [3.8, 4) is 11.5 Å². The normalized spacial score (nSPS) is 17.1. The molecule has 1 amide bonds. The molecule has 0 atom stereocenters. The maximum Gasteiger partial charge on any atom is 0.261 e. The summed E-state index contributed by atoms with van der Waals surface area (Å²) in [5.41, 5.74) is 7.83. The van der Waals surface area contributed by atoms with Gasteiger partial charge in [0.1, 0.15) is 11.5 Å². The molecule has 0 saturated carbocycles. The Bertz CT molecular complexity index is 1210. The van der Waals surface area contributed by atoms with E-state index in [1.807, 2.05) is 17.0 Å². The number of benzene rings is 1. The molecule has 0 bridgehead atoms. The van der Waals surface area contributed by atoms with Crippen LogP contribution in [-0.4, -0.2) is 97.1 Å². The van der Waals surface area contributed by atoms with E-state index >= 15 is 0 Å². The third-order valence-corrected chi connectivity index (χ3v) is 6.30. The molecule has 0 unspecified atom stereocenters. The fourth-order valence-corrected chi connectivity index (χ4v) is 4.47. The number of carbonyl (C=O) groups is 1. The highest BCUT2D eigenvalue weighted by Gasteiger charge is 2.33. The van der Waals surface area contributed by atoms with Crippen LogP contribution in [0.25, 0.3) is 0 Å². The van der Waals surface area contributed by atoms with Crippen molar-refractivity contribution < 1.29 is 19.0 Å². The van der Waals surface area contributed by atoms with E-state index < -0.39 is 0 Å². The zero-order valence-electron chi connectivity index (χ0n) is 20.5. The van der Waals surface area contributed by atoms with Gasteiger partial charge in [-0.05, 0) is 25.5 Å². The number of hydrogen-bond donors (Lipinski definition) is 2. The van der Waals surface area contributed by atoms with Crippen molar-refractivity contribution in [2.45, 2.75) is 13.3 Å². The van der Waals surface area contributed by atoms with E-state index in [0.717, 1.165) is 50.7 Å². The van der Waals surface area contributed by atoms with Gasteiger partial charge >= 0.3 is 0 Å². The summed E-state index contributed by atoms with van der Waals surface area (Å²) in [7, 11) is 1.59. The first-order chi connectivity index (χ1) is 17.5. The summed E-state index contributed by atoms with van der Waals surface area (Å²) in [6, 6.07) is 3.83. The Kier molecular flexibility index (Phi) is 6.96. The summed E-state index contributed by atoms with van der Waals surface area (Å²) < 4.78 is 17.2. The molecule has 1 aromatic heterocycles. The predicted molar refractivity (Wildman–Crippen MR) is 134 cm³/mol. The fourth-order valence-electron chi connectivity index (χ4n) is 4.47. The average molecular weight is 495 g/mol. The molecule has 4 heterocycles. The van der Waals surface area contributed by atoms with Crippen LogP contribution in [-0.2, 0) is 4.74 Å². The lowest BCUT2D eigenvalue weighted by atomic mass is 10.1. The van der Waals surface area contributed by atoms with Gasteiger partial charge < -0.3 is 19.9 Å². The van der Waals surface area contributed by atoms with Crippen LogP contribution in [0.5, 0.6) is 11.5 Å². The number of hydrogen-bond acceptors (Lipinski definition) is 11. The summed E-state index contributed by atoms with van der Waals surface area (Å²) in [4.78, 5) is 34.7. The highest BCUT2D eigenvalue weighted by Crippen LogP contribution is 2.43. The van der Waals surface area contributed by atoms with Crippen molar-refractivity contribution in [3.05, 3.63) is 35.2 Å². The number of nitrogen functional groups attached to an aromatic ring is 1. The van der Waals surface area contributed by atoms with Gasteiger partial charge in [-0.1, -0.05) is 0 Å². The summed E-state index contributed by atoms with van der Waals surface area (Å²) in [5, 5.41) is 2.89. The first-order valence-electron chi connectivity index (χ1n) is 12.0. The van der Waals surface area contributed by atoms with E-state index in [1.54, 1.807) is 14.0 Å². The predicted octanol–water partition coefficient (Wildman–Crippen LogP) is 0.970. The van der Waals surface area contributed by atoms with Crippen LogP contribution in [0, 0.1) is 6.92 Å².